The highest BCUT2D eigenvalue weighted by Crippen LogP contribution is 2.23. The Morgan fingerprint density at radius 1 is 1.64 bits per heavy atom. The summed E-state index contributed by atoms with van der Waals surface area (Å²) in [5.41, 5.74) is 0. The summed E-state index contributed by atoms with van der Waals surface area (Å²) in [6.45, 7) is 0.657. The maximum absolute atomic E-state index is 8.46. The zero-order chi connectivity index (χ0) is 10.4. The summed E-state index contributed by atoms with van der Waals surface area (Å²) in [4.78, 5) is 6.10. The summed E-state index contributed by atoms with van der Waals surface area (Å²) >= 11 is 0. The summed E-state index contributed by atoms with van der Waals surface area (Å²) in [5, 5.41) is 8.46. The van der Waals surface area contributed by atoms with Gasteiger partial charge in [0.1, 0.15) is 0 Å². The maximum atomic E-state index is 8.46. The van der Waals surface area contributed by atoms with Gasteiger partial charge in [0.05, 0.1) is 19.6 Å². The Kier molecular flexibility index (Phi) is 3.74. The van der Waals surface area contributed by atoms with Crippen LogP contribution in [0.2, 0.25) is 0 Å². The molecule has 0 aliphatic rings. The molecule has 0 aliphatic carbocycles. The SMILES string of the molecule is COc1cccnc1N(C)CCC#N. The molecule has 0 saturated heterocycles. The zero-order valence-electron chi connectivity index (χ0n) is 8.40. The van der Waals surface area contributed by atoms with Gasteiger partial charge in [-0.05, 0) is 12.1 Å². The minimum Gasteiger partial charge on any atom is -0.493 e. The van der Waals surface area contributed by atoms with Gasteiger partial charge in [-0.3, -0.25) is 0 Å². The van der Waals surface area contributed by atoms with E-state index in [1.165, 1.54) is 0 Å². The lowest BCUT2D eigenvalue weighted by Gasteiger charge is -2.18. The largest absolute Gasteiger partial charge is 0.493 e. The molecule has 0 aliphatic heterocycles. The van der Waals surface area contributed by atoms with Gasteiger partial charge in [-0.15, -0.1) is 0 Å². The first-order valence-corrected chi connectivity index (χ1v) is 4.36. The average molecular weight is 191 g/mol. The lowest BCUT2D eigenvalue weighted by atomic mass is 10.3. The molecule has 14 heavy (non-hydrogen) atoms. The Bertz CT molecular complexity index is 332. The van der Waals surface area contributed by atoms with Crippen molar-refractivity contribution >= 4 is 5.82 Å². The van der Waals surface area contributed by atoms with Crippen molar-refractivity contribution in [1.29, 1.82) is 5.26 Å². The summed E-state index contributed by atoms with van der Waals surface area (Å²) in [6.07, 6.45) is 2.19. The molecule has 0 aromatic carbocycles. The Morgan fingerprint density at radius 2 is 2.43 bits per heavy atom. The number of ether oxygens (including phenoxy) is 1. The van der Waals surface area contributed by atoms with Gasteiger partial charge in [0.15, 0.2) is 11.6 Å². The van der Waals surface area contributed by atoms with Gasteiger partial charge in [0.2, 0.25) is 0 Å². The van der Waals surface area contributed by atoms with Crippen LogP contribution in [-0.4, -0.2) is 25.7 Å². The first kappa shape index (κ1) is 10.3. The van der Waals surface area contributed by atoms with Crippen LogP contribution in [0, 0.1) is 11.3 Å². The van der Waals surface area contributed by atoms with E-state index in [-0.39, 0.29) is 0 Å². The molecule has 1 heterocycles. The Hall–Kier alpha value is -1.76. The number of hydrogen-bond donors (Lipinski definition) is 0. The molecule has 1 aromatic rings. The summed E-state index contributed by atoms with van der Waals surface area (Å²) in [6, 6.07) is 5.77. The van der Waals surface area contributed by atoms with E-state index >= 15 is 0 Å². The Morgan fingerprint density at radius 3 is 3.07 bits per heavy atom. The number of aromatic nitrogens is 1. The molecular formula is C10H13N3O. The fourth-order valence-electron chi connectivity index (χ4n) is 1.15. The van der Waals surface area contributed by atoms with E-state index in [1.807, 2.05) is 24.1 Å². The van der Waals surface area contributed by atoms with E-state index in [0.29, 0.717) is 13.0 Å². The van der Waals surface area contributed by atoms with Crippen molar-refractivity contribution in [2.24, 2.45) is 0 Å². The molecule has 0 spiro atoms. The van der Waals surface area contributed by atoms with Crippen LogP contribution in [0.15, 0.2) is 18.3 Å². The molecule has 4 heteroatoms. The normalized spacial score (nSPS) is 9.21. The minimum absolute atomic E-state index is 0.482. The monoisotopic (exact) mass is 191 g/mol. The molecule has 0 fully saturated rings. The number of rotatable bonds is 4. The van der Waals surface area contributed by atoms with Crippen molar-refractivity contribution in [2.45, 2.75) is 6.42 Å². The van der Waals surface area contributed by atoms with E-state index in [9.17, 15) is 0 Å². The number of pyridine rings is 1. The van der Waals surface area contributed by atoms with Crippen molar-refractivity contribution < 1.29 is 4.74 Å². The van der Waals surface area contributed by atoms with Gasteiger partial charge in [-0.1, -0.05) is 0 Å². The third-order valence-electron chi connectivity index (χ3n) is 1.89. The van der Waals surface area contributed by atoms with E-state index < -0.39 is 0 Å². The maximum Gasteiger partial charge on any atom is 0.171 e. The quantitative estimate of drug-likeness (QED) is 0.722. The van der Waals surface area contributed by atoms with Gasteiger partial charge in [0.25, 0.3) is 0 Å². The molecule has 0 saturated carbocycles. The van der Waals surface area contributed by atoms with Crippen molar-refractivity contribution in [3.63, 3.8) is 0 Å². The van der Waals surface area contributed by atoms with Crippen LogP contribution < -0.4 is 9.64 Å². The number of hydrogen-bond acceptors (Lipinski definition) is 4. The zero-order valence-corrected chi connectivity index (χ0v) is 8.40. The van der Waals surface area contributed by atoms with Crippen LogP contribution in [-0.2, 0) is 0 Å². The highest BCUT2D eigenvalue weighted by molar-refractivity contribution is 5.51. The summed E-state index contributed by atoms with van der Waals surface area (Å²) in [7, 11) is 3.50. The number of nitrogens with zero attached hydrogens (tertiary/aromatic N) is 3. The fourth-order valence-corrected chi connectivity index (χ4v) is 1.15. The van der Waals surface area contributed by atoms with Crippen molar-refractivity contribution in [3.8, 4) is 11.8 Å². The molecule has 4 nitrogen and oxygen atoms in total. The van der Waals surface area contributed by atoms with Crippen LogP contribution in [0.1, 0.15) is 6.42 Å². The molecule has 0 amide bonds. The third kappa shape index (κ3) is 2.36. The highest BCUT2D eigenvalue weighted by Gasteiger charge is 2.07. The van der Waals surface area contributed by atoms with Crippen LogP contribution in [0.25, 0.3) is 0 Å². The van der Waals surface area contributed by atoms with E-state index in [4.69, 9.17) is 10.00 Å². The van der Waals surface area contributed by atoms with Gasteiger partial charge in [0, 0.05) is 19.8 Å². The number of methoxy groups -OCH3 is 1. The van der Waals surface area contributed by atoms with Gasteiger partial charge < -0.3 is 9.64 Å². The molecule has 0 bridgehead atoms. The van der Waals surface area contributed by atoms with Crippen molar-refractivity contribution in [2.75, 3.05) is 25.6 Å². The second-order valence-corrected chi connectivity index (χ2v) is 2.86. The van der Waals surface area contributed by atoms with Gasteiger partial charge in [-0.25, -0.2) is 4.98 Å². The lowest BCUT2D eigenvalue weighted by Crippen LogP contribution is -2.19. The molecule has 74 valence electrons. The Labute approximate surface area is 83.7 Å². The number of nitriles is 1. The standard InChI is InChI=1S/C10H13N3O/c1-13(8-4-6-11)10-9(14-2)5-3-7-12-10/h3,5,7H,4,8H2,1-2H3. The summed E-state index contributed by atoms with van der Waals surface area (Å²) < 4.78 is 5.16. The predicted octanol–water partition coefficient (Wildman–Crippen LogP) is 1.44. The van der Waals surface area contributed by atoms with Gasteiger partial charge in [-0.2, -0.15) is 5.26 Å². The molecule has 0 unspecified atom stereocenters. The topological polar surface area (TPSA) is 49.1 Å². The molecule has 0 radical (unpaired) electrons. The fraction of sp³-hybridized carbons (Fsp3) is 0.400. The molecule has 0 atom stereocenters. The highest BCUT2D eigenvalue weighted by atomic mass is 16.5. The van der Waals surface area contributed by atoms with Crippen molar-refractivity contribution in [3.05, 3.63) is 18.3 Å². The first-order chi connectivity index (χ1) is 6.79. The molecule has 1 rings (SSSR count). The second kappa shape index (κ2) is 5.07. The van der Waals surface area contributed by atoms with E-state index in [1.54, 1.807) is 13.3 Å². The van der Waals surface area contributed by atoms with Crippen molar-refractivity contribution in [1.82, 2.24) is 4.98 Å². The van der Waals surface area contributed by atoms with E-state index in [0.717, 1.165) is 11.6 Å². The van der Waals surface area contributed by atoms with Crippen LogP contribution in [0.5, 0.6) is 5.75 Å². The van der Waals surface area contributed by atoms with Crippen LogP contribution >= 0.6 is 0 Å². The first-order valence-electron chi connectivity index (χ1n) is 4.36. The number of anilines is 1. The third-order valence-corrected chi connectivity index (χ3v) is 1.89. The van der Waals surface area contributed by atoms with Gasteiger partial charge >= 0.3 is 0 Å². The predicted molar refractivity (Wildman–Crippen MR) is 54.3 cm³/mol. The second-order valence-electron chi connectivity index (χ2n) is 2.86. The molecule has 1 aromatic heterocycles. The lowest BCUT2D eigenvalue weighted by molar-refractivity contribution is 0.413. The Balaban J connectivity index is 2.78. The molecule has 0 N–H and O–H groups in total. The van der Waals surface area contributed by atoms with Crippen LogP contribution in [0.4, 0.5) is 5.82 Å². The minimum atomic E-state index is 0.482. The summed E-state index contributed by atoms with van der Waals surface area (Å²) in [5.74, 6) is 1.50. The molecular weight excluding hydrogens is 178 g/mol. The average Bonchev–Trinajstić information content (AvgIpc) is 2.25. The van der Waals surface area contributed by atoms with E-state index in [2.05, 4.69) is 11.1 Å². The smallest absolute Gasteiger partial charge is 0.171 e. The van der Waals surface area contributed by atoms with Crippen LogP contribution in [0.3, 0.4) is 0 Å².